The van der Waals surface area contributed by atoms with E-state index in [1.807, 2.05) is 92.1 Å². The lowest BCUT2D eigenvalue weighted by atomic mass is 10.0. The number of anilines is 1. The first-order valence-electron chi connectivity index (χ1n) is 17.5. The fourth-order valence-electron chi connectivity index (χ4n) is 7.07. The largest absolute Gasteiger partial charge is 0.543 e. The summed E-state index contributed by atoms with van der Waals surface area (Å²) >= 11 is 3.98. The summed E-state index contributed by atoms with van der Waals surface area (Å²) in [7, 11) is 1.28. The van der Waals surface area contributed by atoms with Crippen LogP contribution in [0.15, 0.2) is 107 Å². The van der Waals surface area contributed by atoms with E-state index in [1.165, 1.54) is 40.4 Å². The van der Waals surface area contributed by atoms with Crippen molar-refractivity contribution in [3.63, 3.8) is 0 Å². The Bertz CT molecular complexity index is 2510. The molecule has 22 heteroatoms. The number of nitrogens with two attached hydrogens (primary N) is 2. The monoisotopic (exact) mass is 843 g/mol. The molecule has 1 aromatic rings. The number of carboxylic acid groups (broad SMARTS) is 2. The van der Waals surface area contributed by atoms with Gasteiger partial charge in [-0.05, 0) is 11.1 Å². The molecule has 0 aromatic carbocycles. The Labute approximate surface area is 341 Å². The third-order valence-corrected chi connectivity index (χ3v) is 13.1. The van der Waals surface area contributed by atoms with Gasteiger partial charge in [0.1, 0.15) is 35.6 Å². The molecule has 2 fully saturated rings. The van der Waals surface area contributed by atoms with Gasteiger partial charge in [-0.1, -0.05) is 5.16 Å². The number of thioether (sulfide) groups is 2. The average Bonchev–Trinajstić information content (AvgIpc) is 3.99. The van der Waals surface area contributed by atoms with E-state index in [2.05, 4.69) is 15.5 Å². The highest BCUT2D eigenvalue weighted by atomic mass is 32.2. The minimum absolute atomic E-state index is 0.0248. The SMILES string of the molecule is CO/N=C(\C(=O)N[C@@H]1C(=O)N2C(C(=O)[O-])=C(Cn3cc[n+]4cccc-4c3)CS[C@H]12)c1csc(N)n1.NC1C(=O)N2C(C(=O)[O-])=C(Cn3cc[n+]4cccc-4c3)CS[C@H]12. The molecule has 0 aliphatic carbocycles. The summed E-state index contributed by atoms with van der Waals surface area (Å²) in [4.78, 5) is 72.5. The normalized spacial score (nSPS) is 21.5. The summed E-state index contributed by atoms with van der Waals surface area (Å²) in [6.07, 6.45) is 15.1. The third kappa shape index (κ3) is 7.03. The van der Waals surface area contributed by atoms with E-state index in [-0.39, 0.29) is 45.8 Å². The zero-order valence-electron chi connectivity index (χ0n) is 30.4. The number of rotatable bonds is 10. The van der Waals surface area contributed by atoms with Crippen LogP contribution in [0.25, 0.3) is 11.4 Å². The number of amides is 3. The second-order valence-electron chi connectivity index (χ2n) is 13.3. The maximum atomic E-state index is 13.0. The average molecular weight is 844 g/mol. The number of aliphatic carboxylic acids is 2. The Morgan fingerprint density at radius 1 is 0.897 bits per heavy atom. The van der Waals surface area contributed by atoms with Gasteiger partial charge in [-0.15, -0.1) is 34.9 Å². The number of nitrogens with zero attached hydrogens (tertiary/aromatic N) is 8. The summed E-state index contributed by atoms with van der Waals surface area (Å²) in [6.45, 7) is 0.672. The van der Waals surface area contributed by atoms with Gasteiger partial charge in [0.25, 0.3) is 11.8 Å². The molecular formula is C36H33N11O8S3. The van der Waals surface area contributed by atoms with Crippen LogP contribution in [0.3, 0.4) is 0 Å². The second-order valence-corrected chi connectivity index (χ2v) is 16.4. The fourth-order valence-corrected chi connectivity index (χ4v) is 10.2. The molecule has 0 bridgehead atoms. The number of carbonyl (C=O) groups is 5. The lowest BCUT2D eigenvalue weighted by Crippen LogP contribution is -2.71. The number of carboxylic acids is 2. The molecule has 0 saturated carbocycles. The molecule has 4 atom stereocenters. The van der Waals surface area contributed by atoms with E-state index in [0.29, 0.717) is 29.2 Å². The maximum absolute atomic E-state index is 13.0. The van der Waals surface area contributed by atoms with Crippen LogP contribution in [0.1, 0.15) is 5.69 Å². The number of oxime groups is 1. The van der Waals surface area contributed by atoms with Gasteiger partial charge in [-0.25, -0.2) is 4.98 Å². The van der Waals surface area contributed by atoms with Gasteiger partial charge in [0.05, 0.1) is 48.1 Å². The van der Waals surface area contributed by atoms with Gasteiger partial charge >= 0.3 is 0 Å². The van der Waals surface area contributed by atoms with Crippen molar-refractivity contribution in [1.82, 2.24) is 29.2 Å². The first-order chi connectivity index (χ1) is 27.9. The fraction of sp³-hybridized carbons (Fsp3) is 0.250. The minimum Gasteiger partial charge on any atom is -0.543 e. The van der Waals surface area contributed by atoms with E-state index in [0.717, 1.165) is 22.7 Å². The molecule has 2 saturated heterocycles. The zero-order chi connectivity index (χ0) is 40.8. The standard InChI is InChI=1S/C21H19N7O5S2.C15H14N4O3S/c1-33-25-14(13-10-35-21(22)23-13)17(29)24-15-18(30)28-16(20(31)32)11(9-34-19(15)28)7-26-5-6-27-4-2-3-12(27)8-26;16-11-13(20)19-12(15(21)22)9(8-23-14(11)19)6-17-4-5-18-3-1-2-10(18)7-17/h2-6,8,10,15,19H,7,9H2,1H3,(H3-,22,23,24,29,31,32);1-5,7,11,14H,6,8,16H2/b25-14-;/t15-,19-;11?,14-/m11/s1. The van der Waals surface area contributed by atoms with E-state index >= 15 is 0 Å². The van der Waals surface area contributed by atoms with E-state index in [9.17, 15) is 34.2 Å². The highest BCUT2D eigenvalue weighted by Crippen LogP contribution is 2.41. The molecule has 1 aromatic heterocycles. The third-order valence-electron chi connectivity index (χ3n) is 9.78. The highest BCUT2D eigenvalue weighted by molar-refractivity contribution is 8.00. The van der Waals surface area contributed by atoms with Crippen LogP contribution in [0.2, 0.25) is 0 Å². The predicted molar refractivity (Wildman–Crippen MR) is 205 cm³/mol. The van der Waals surface area contributed by atoms with Crippen molar-refractivity contribution in [2.75, 3.05) is 24.3 Å². The predicted octanol–water partition coefficient (Wildman–Crippen LogP) is -2.86. The molecule has 1 unspecified atom stereocenters. The highest BCUT2D eigenvalue weighted by Gasteiger charge is 2.53. The molecule has 9 heterocycles. The van der Waals surface area contributed by atoms with Gasteiger partial charge in [0.15, 0.2) is 35.6 Å². The van der Waals surface area contributed by atoms with Gasteiger partial charge in [-0.2, -0.15) is 9.13 Å². The Morgan fingerprint density at radius 3 is 1.97 bits per heavy atom. The van der Waals surface area contributed by atoms with Crippen molar-refractivity contribution in [1.29, 1.82) is 0 Å². The van der Waals surface area contributed by atoms with Crippen molar-refractivity contribution >= 4 is 75.4 Å². The van der Waals surface area contributed by atoms with Crippen LogP contribution in [0.4, 0.5) is 5.13 Å². The second kappa shape index (κ2) is 15.6. The van der Waals surface area contributed by atoms with E-state index < -0.39 is 41.2 Å². The lowest BCUT2D eigenvalue weighted by Gasteiger charge is -2.50. The number of hydrogen-bond donors (Lipinski definition) is 3. The number of aromatic nitrogens is 5. The van der Waals surface area contributed by atoms with Crippen molar-refractivity contribution in [2.24, 2.45) is 10.9 Å². The molecule has 3 amide bonds. The summed E-state index contributed by atoms with van der Waals surface area (Å²) in [5, 5.41) is 30.8. The molecule has 298 valence electrons. The number of hydrogen-bond acceptors (Lipinski definition) is 15. The number of thiazole rings is 1. The Balaban J connectivity index is 0.000000176. The number of fused-ring (bicyclic) bond motifs is 4. The van der Waals surface area contributed by atoms with Crippen molar-refractivity contribution in [2.45, 2.75) is 35.9 Å². The van der Waals surface area contributed by atoms with Crippen LogP contribution in [-0.4, -0.2) is 101 Å². The minimum atomic E-state index is -1.44. The quantitative estimate of drug-likeness (QED) is 0.0555. The Morgan fingerprint density at radius 2 is 1.45 bits per heavy atom. The van der Waals surface area contributed by atoms with Gasteiger partial charge in [0, 0.05) is 54.2 Å². The summed E-state index contributed by atoms with van der Waals surface area (Å²) in [6, 6.07) is 6.18. The summed E-state index contributed by atoms with van der Waals surface area (Å²) in [5.74, 6) is -3.48. The molecule has 8 aliphatic heterocycles. The van der Waals surface area contributed by atoms with Gasteiger partial charge in [-0.3, -0.25) is 24.2 Å². The Hall–Kier alpha value is -6.23. The number of nitrogens with one attached hydrogen (secondary N) is 1. The topological polar surface area (TPSA) is 254 Å². The molecule has 58 heavy (non-hydrogen) atoms. The lowest BCUT2D eigenvalue weighted by molar-refractivity contribution is -0.593. The first-order valence-corrected chi connectivity index (χ1v) is 20.5. The zero-order valence-corrected chi connectivity index (χ0v) is 32.8. The molecule has 5 N–H and O–H groups in total. The van der Waals surface area contributed by atoms with E-state index in [4.69, 9.17) is 16.3 Å². The molecule has 0 radical (unpaired) electrons. The summed E-state index contributed by atoms with van der Waals surface area (Å²) in [5.41, 5.74) is 14.4. The number of carbonyl (C=O) groups excluding carboxylic acids is 5. The number of β-lactam (4-membered cyclic amide) rings is 2. The van der Waals surface area contributed by atoms with Crippen LogP contribution in [0, 0.1) is 0 Å². The smallest absolute Gasteiger partial charge is 0.276 e. The van der Waals surface area contributed by atoms with Crippen molar-refractivity contribution in [3.8, 4) is 11.4 Å². The molecule has 9 rings (SSSR count). The van der Waals surface area contributed by atoms with Crippen molar-refractivity contribution in [3.05, 3.63) is 107 Å². The number of nitrogen functional groups attached to an aromatic ring is 1. The molecule has 8 aliphatic rings. The van der Waals surface area contributed by atoms with Crippen LogP contribution < -0.4 is 36.1 Å². The van der Waals surface area contributed by atoms with Crippen LogP contribution >= 0.6 is 34.9 Å². The van der Waals surface area contributed by atoms with Crippen molar-refractivity contribution < 1.29 is 48.2 Å². The molecular weight excluding hydrogens is 811 g/mol. The van der Waals surface area contributed by atoms with Gasteiger partial charge < -0.3 is 50.6 Å². The maximum Gasteiger partial charge on any atom is 0.276 e. The van der Waals surface area contributed by atoms with Crippen LogP contribution in [0.5, 0.6) is 0 Å². The molecule has 0 spiro atoms. The Kier molecular flexibility index (Phi) is 10.4. The molecule has 19 nitrogen and oxygen atoms in total. The van der Waals surface area contributed by atoms with Crippen LogP contribution in [-0.2, 0) is 41.9 Å². The van der Waals surface area contributed by atoms with Gasteiger partial charge in [0.2, 0.25) is 17.3 Å². The summed E-state index contributed by atoms with van der Waals surface area (Å²) < 4.78 is 7.65. The van der Waals surface area contributed by atoms with E-state index in [1.54, 1.807) is 5.38 Å². The first kappa shape index (κ1) is 38.6.